The Labute approximate surface area is 152 Å². The molecule has 0 heterocycles. The second-order valence-electron chi connectivity index (χ2n) is 6.14. The van der Waals surface area contributed by atoms with E-state index in [2.05, 4.69) is 17.4 Å². The fraction of sp³-hybridized carbons (Fsp3) is 0.136. The van der Waals surface area contributed by atoms with Gasteiger partial charge in [0.15, 0.2) is 6.04 Å². The number of nitrogens with one attached hydrogen (secondary N) is 1. The van der Waals surface area contributed by atoms with Gasteiger partial charge in [0, 0.05) is 17.7 Å². The number of quaternary nitrogens is 1. The molecule has 0 saturated heterocycles. The number of carbonyl (C=O) groups is 1. The molecule has 3 nitrogen and oxygen atoms in total. The Morgan fingerprint density at radius 1 is 0.885 bits per heavy atom. The lowest BCUT2D eigenvalue weighted by Gasteiger charge is -2.16. The fourth-order valence-corrected chi connectivity index (χ4v) is 2.87. The van der Waals surface area contributed by atoms with Crippen LogP contribution in [0, 0.1) is 5.82 Å². The summed E-state index contributed by atoms with van der Waals surface area (Å²) in [6.07, 6.45) is 0.883. The summed E-state index contributed by atoms with van der Waals surface area (Å²) >= 11 is 0. The smallest absolute Gasteiger partial charge is 0.287 e. The maximum atomic E-state index is 13.1. The third-order valence-corrected chi connectivity index (χ3v) is 4.23. The summed E-state index contributed by atoms with van der Waals surface area (Å²) in [4.78, 5) is 12.8. The molecule has 3 aromatic carbocycles. The number of rotatable bonds is 7. The van der Waals surface area contributed by atoms with Crippen LogP contribution in [-0.4, -0.2) is 12.5 Å². The van der Waals surface area contributed by atoms with E-state index in [9.17, 15) is 9.18 Å². The Morgan fingerprint density at radius 2 is 1.50 bits per heavy atom. The van der Waals surface area contributed by atoms with Crippen LogP contribution in [0.15, 0.2) is 84.9 Å². The summed E-state index contributed by atoms with van der Waals surface area (Å²) in [6.45, 7) is 0.792. The Bertz CT molecular complexity index is 820. The predicted octanol–water partition coefficient (Wildman–Crippen LogP) is 3.31. The van der Waals surface area contributed by atoms with E-state index in [-0.39, 0.29) is 17.8 Å². The average Bonchev–Trinajstić information content (AvgIpc) is 2.68. The minimum absolute atomic E-state index is 0.115. The van der Waals surface area contributed by atoms with Crippen molar-refractivity contribution in [3.05, 3.63) is 102 Å². The molecule has 1 atom stereocenters. The van der Waals surface area contributed by atoms with Crippen LogP contribution in [0.1, 0.15) is 17.2 Å². The van der Waals surface area contributed by atoms with E-state index in [1.54, 1.807) is 12.1 Å². The first-order chi connectivity index (χ1) is 12.7. The molecule has 0 fully saturated rings. The largest absolute Gasteiger partial charge is 0.332 e. The van der Waals surface area contributed by atoms with Crippen LogP contribution in [-0.2, 0) is 11.2 Å². The molecule has 3 rings (SSSR count). The molecule has 3 aromatic rings. The number of hydrogen-bond donors (Lipinski definition) is 2. The topological polar surface area (TPSA) is 45.7 Å². The van der Waals surface area contributed by atoms with Crippen LogP contribution in [0.3, 0.4) is 0 Å². The van der Waals surface area contributed by atoms with Gasteiger partial charge in [0.1, 0.15) is 5.82 Å². The van der Waals surface area contributed by atoms with Crippen LogP contribution in [0.25, 0.3) is 0 Å². The maximum absolute atomic E-state index is 13.1. The highest BCUT2D eigenvalue weighted by atomic mass is 19.1. The van der Waals surface area contributed by atoms with Crippen molar-refractivity contribution in [2.24, 2.45) is 0 Å². The molecule has 0 aliphatic heterocycles. The predicted molar refractivity (Wildman–Crippen MR) is 101 cm³/mol. The monoisotopic (exact) mass is 349 g/mol. The van der Waals surface area contributed by atoms with Gasteiger partial charge in [-0.3, -0.25) is 4.79 Å². The molecule has 1 amide bonds. The highest BCUT2D eigenvalue weighted by Gasteiger charge is 2.23. The van der Waals surface area contributed by atoms with Gasteiger partial charge in [0.2, 0.25) is 0 Å². The van der Waals surface area contributed by atoms with Crippen LogP contribution in [0.2, 0.25) is 0 Å². The number of nitrogens with two attached hydrogens (primary N) is 1. The van der Waals surface area contributed by atoms with E-state index in [4.69, 9.17) is 0 Å². The molecule has 0 saturated carbocycles. The zero-order chi connectivity index (χ0) is 18.2. The molecule has 0 radical (unpaired) electrons. The molecule has 0 aromatic heterocycles. The lowest BCUT2D eigenvalue weighted by atomic mass is 10.1. The minimum atomic E-state index is -0.357. The highest BCUT2D eigenvalue weighted by molar-refractivity contribution is 5.94. The van der Waals surface area contributed by atoms with Crippen LogP contribution >= 0.6 is 0 Å². The molecule has 0 unspecified atom stereocenters. The first-order valence-electron chi connectivity index (χ1n) is 8.71. The van der Waals surface area contributed by atoms with E-state index >= 15 is 0 Å². The van der Waals surface area contributed by atoms with E-state index in [1.807, 2.05) is 53.8 Å². The number of amides is 1. The van der Waals surface area contributed by atoms with Gasteiger partial charge in [-0.25, -0.2) is 4.39 Å². The van der Waals surface area contributed by atoms with Gasteiger partial charge in [-0.1, -0.05) is 60.7 Å². The van der Waals surface area contributed by atoms with Crippen LogP contribution in [0.4, 0.5) is 10.1 Å². The number of benzene rings is 3. The van der Waals surface area contributed by atoms with Gasteiger partial charge in [0.05, 0.1) is 6.54 Å². The number of anilines is 1. The van der Waals surface area contributed by atoms with Gasteiger partial charge in [-0.15, -0.1) is 0 Å². The molecule has 3 N–H and O–H groups in total. The molecule has 0 bridgehead atoms. The van der Waals surface area contributed by atoms with Crippen molar-refractivity contribution in [3.8, 4) is 0 Å². The van der Waals surface area contributed by atoms with Crippen molar-refractivity contribution in [1.82, 2.24) is 0 Å². The van der Waals surface area contributed by atoms with Crippen molar-refractivity contribution in [3.63, 3.8) is 0 Å². The van der Waals surface area contributed by atoms with Crippen LogP contribution < -0.4 is 10.6 Å². The summed E-state index contributed by atoms with van der Waals surface area (Å²) in [6, 6.07) is 25.4. The van der Waals surface area contributed by atoms with Crippen LogP contribution in [0.5, 0.6) is 0 Å². The maximum Gasteiger partial charge on any atom is 0.287 e. The van der Waals surface area contributed by atoms with Gasteiger partial charge in [-0.05, 0) is 29.8 Å². The first-order valence-corrected chi connectivity index (χ1v) is 8.71. The SMILES string of the molecule is O=C(Nc1ccc(F)cc1)[C@@H]([NH2+]CCc1ccccc1)c1ccccc1. The lowest BCUT2D eigenvalue weighted by Crippen LogP contribution is -2.87. The quantitative estimate of drug-likeness (QED) is 0.675. The number of carbonyl (C=O) groups excluding carboxylic acids is 1. The van der Waals surface area contributed by atoms with E-state index < -0.39 is 0 Å². The van der Waals surface area contributed by atoms with Crippen molar-refractivity contribution >= 4 is 11.6 Å². The second-order valence-corrected chi connectivity index (χ2v) is 6.14. The standard InChI is InChI=1S/C22H21FN2O/c23-19-11-13-20(14-12-19)25-22(26)21(18-9-5-2-6-10-18)24-16-15-17-7-3-1-4-8-17/h1-14,21,24H,15-16H2,(H,25,26)/p+1/t21-/m0/s1. The van der Waals surface area contributed by atoms with Crippen molar-refractivity contribution in [2.75, 3.05) is 11.9 Å². The fourth-order valence-electron chi connectivity index (χ4n) is 2.87. The minimum Gasteiger partial charge on any atom is -0.332 e. The Kier molecular flexibility index (Phi) is 6.12. The second kappa shape index (κ2) is 8.92. The summed E-state index contributed by atoms with van der Waals surface area (Å²) in [7, 11) is 0. The normalized spacial score (nSPS) is 11.7. The summed E-state index contributed by atoms with van der Waals surface area (Å²) in [5, 5.41) is 4.92. The molecular weight excluding hydrogens is 327 g/mol. The highest BCUT2D eigenvalue weighted by Crippen LogP contribution is 2.13. The lowest BCUT2D eigenvalue weighted by molar-refractivity contribution is -0.682. The van der Waals surface area contributed by atoms with Gasteiger partial charge in [0.25, 0.3) is 5.91 Å². The summed E-state index contributed by atoms with van der Waals surface area (Å²) in [5.74, 6) is -0.437. The summed E-state index contributed by atoms with van der Waals surface area (Å²) in [5.41, 5.74) is 2.78. The number of hydrogen-bond acceptors (Lipinski definition) is 1. The number of halogens is 1. The van der Waals surface area contributed by atoms with Crippen molar-refractivity contribution in [2.45, 2.75) is 12.5 Å². The Balaban J connectivity index is 1.68. The molecule has 0 aliphatic carbocycles. The molecule has 26 heavy (non-hydrogen) atoms. The van der Waals surface area contributed by atoms with Gasteiger partial charge >= 0.3 is 0 Å². The molecule has 132 valence electrons. The Morgan fingerprint density at radius 3 is 2.15 bits per heavy atom. The van der Waals surface area contributed by atoms with Gasteiger partial charge < -0.3 is 10.6 Å². The molecule has 0 aliphatic rings. The zero-order valence-electron chi connectivity index (χ0n) is 14.4. The first kappa shape index (κ1) is 17.8. The molecule has 0 spiro atoms. The zero-order valence-corrected chi connectivity index (χ0v) is 14.4. The van der Waals surface area contributed by atoms with E-state index in [0.29, 0.717) is 5.69 Å². The molecule has 4 heteroatoms. The third kappa shape index (κ3) is 5.01. The third-order valence-electron chi connectivity index (χ3n) is 4.23. The Hall–Kier alpha value is -2.98. The van der Waals surface area contributed by atoms with Gasteiger partial charge in [-0.2, -0.15) is 0 Å². The van der Waals surface area contributed by atoms with Crippen molar-refractivity contribution in [1.29, 1.82) is 0 Å². The average molecular weight is 349 g/mol. The van der Waals surface area contributed by atoms with E-state index in [0.717, 1.165) is 18.5 Å². The van der Waals surface area contributed by atoms with E-state index in [1.165, 1.54) is 17.7 Å². The summed E-state index contributed by atoms with van der Waals surface area (Å²) < 4.78 is 13.1. The molecular formula is C22H22FN2O+. The van der Waals surface area contributed by atoms with Crippen molar-refractivity contribution < 1.29 is 14.5 Å².